The SMILES string of the molecule is CC(C)N(CC1CC1)S(=O)(=O)Cl. The zero-order chi connectivity index (χ0) is 9.35. The Hall–Kier alpha value is 0.200. The maximum atomic E-state index is 11.0. The zero-order valence-corrected chi connectivity index (χ0v) is 8.90. The van der Waals surface area contributed by atoms with E-state index in [2.05, 4.69) is 0 Å². The van der Waals surface area contributed by atoms with Crippen molar-refractivity contribution in [3.05, 3.63) is 0 Å². The topological polar surface area (TPSA) is 37.4 Å². The van der Waals surface area contributed by atoms with Crippen LogP contribution in [0.15, 0.2) is 0 Å². The third kappa shape index (κ3) is 2.92. The largest absolute Gasteiger partial charge is 0.300 e. The summed E-state index contributed by atoms with van der Waals surface area (Å²) in [6.07, 6.45) is 2.27. The average molecular weight is 212 g/mol. The van der Waals surface area contributed by atoms with Crippen LogP contribution in [0.4, 0.5) is 0 Å². The molecule has 3 nitrogen and oxygen atoms in total. The van der Waals surface area contributed by atoms with Crippen molar-refractivity contribution in [2.75, 3.05) is 6.54 Å². The zero-order valence-electron chi connectivity index (χ0n) is 7.33. The summed E-state index contributed by atoms with van der Waals surface area (Å²) in [5.41, 5.74) is 0. The molecule has 1 aliphatic carbocycles. The quantitative estimate of drug-likeness (QED) is 0.663. The van der Waals surface area contributed by atoms with Crippen molar-refractivity contribution in [1.82, 2.24) is 4.31 Å². The maximum absolute atomic E-state index is 11.0. The van der Waals surface area contributed by atoms with Crippen LogP contribution in [0.1, 0.15) is 26.7 Å². The molecule has 0 radical (unpaired) electrons. The smallest absolute Gasteiger partial charge is 0.195 e. The molecule has 0 heterocycles. The van der Waals surface area contributed by atoms with Crippen molar-refractivity contribution in [3.63, 3.8) is 0 Å². The Labute approximate surface area is 78.3 Å². The van der Waals surface area contributed by atoms with Crippen molar-refractivity contribution in [2.45, 2.75) is 32.7 Å². The molecular weight excluding hydrogens is 198 g/mol. The molecule has 0 aromatic heterocycles. The standard InChI is InChI=1S/C7H14ClNO2S/c1-6(2)9(12(8,10)11)5-7-3-4-7/h6-7H,3-5H2,1-2H3. The summed E-state index contributed by atoms with van der Waals surface area (Å²) in [6, 6.07) is -0.0342. The molecule has 0 atom stereocenters. The number of hydrogen-bond donors (Lipinski definition) is 0. The minimum atomic E-state index is -3.51. The molecule has 1 rings (SSSR count). The van der Waals surface area contributed by atoms with Gasteiger partial charge in [-0.2, -0.15) is 12.7 Å². The fourth-order valence-corrected chi connectivity index (χ4v) is 2.65. The Morgan fingerprint density at radius 3 is 2.25 bits per heavy atom. The maximum Gasteiger partial charge on any atom is 0.300 e. The highest BCUT2D eigenvalue weighted by atomic mass is 35.7. The van der Waals surface area contributed by atoms with Crippen LogP contribution in [-0.4, -0.2) is 25.3 Å². The lowest BCUT2D eigenvalue weighted by Gasteiger charge is -2.21. The van der Waals surface area contributed by atoms with E-state index in [1.165, 1.54) is 4.31 Å². The van der Waals surface area contributed by atoms with Crippen molar-refractivity contribution in [3.8, 4) is 0 Å². The Morgan fingerprint density at radius 1 is 1.50 bits per heavy atom. The van der Waals surface area contributed by atoms with Gasteiger partial charge in [-0.25, -0.2) is 0 Å². The van der Waals surface area contributed by atoms with Crippen LogP contribution in [0.25, 0.3) is 0 Å². The first-order valence-electron chi connectivity index (χ1n) is 4.12. The average Bonchev–Trinajstić information content (AvgIpc) is 2.61. The third-order valence-corrected chi connectivity index (χ3v) is 3.65. The van der Waals surface area contributed by atoms with Crippen LogP contribution >= 0.6 is 10.7 Å². The van der Waals surface area contributed by atoms with Crippen LogP contribution in [0.2, 0.25) is 0 Å². The molecule has 12 heavy (non-hydrogen) atoms. The van der Waals surface area contributed by atoms with Gasteiger partial charge in [0.1, 0.15) is 0 Å². The Kier molecular flexibility index (Phi) is 3.01. The van der Waals surface area contributed by atoms with E-state index in [9.17, 15) is 8.42 Å². The van der Waals surface area contributed by atoms with Crippen LogP contribution in [0.3, 0.4) is 0 Å². The number of nitrogens with zero attached hydrogens (tertiary/aromatic N) is 1. The Bertz CT molecular complexity index is 246. The molecule has 0 amide bonds. The second-order valence-electron chi connectivity index (χ2n) is 3.55. The highest BCUT2D eigenvalue weighted by Gasteiger charge is 2.30. The second kappa shape index (κ2) is 3.52. The summed E-state index contributed by atoms with van der Waals surface area (Å²) < 4.78 is 23.4. The van der Waals surface area contributed by atoms with E-state index in [4.69, 9.17) is 10.7 Å². The van der Waals surface area contributed by atoms with Crippen LogP contribution in [0.5, 0.6) is 0 Å². The molecular formula is C7H14ClNO2S. The number of rotatable bonds is 4. The van der Waals surface area contributed by atoms with Crippen molar-refractivity contribution in [1.29, 1.82) is 0 Å². The van der Waals surface area contributed by atoms with Gasteiger partial charge in [-0.3, -0.25) is 0 Å². The van der Waals surface area contributed by atoms with Gasteiger partial charge < -0.3 is 0 Å². The van der Waals surface area contributed by atoms with E-state index in [1.54, 1.807) is 0 Å². The Morgan fingerprint density at radius 2 is 2.00 bits per heavy atom. The van der Waals surface area contributed by atoms with Gasteiger partial charge in [0.2, 0.25) is 0 Å². The number of halogens is 1. The molecule has 0 saturated heterocycles. The van der Waals surface area contributed by atoms with E-state index >= 15 is 0 Å². The molecule has 1 aliphatic rings. The fraction of sp³-hybridized carbons (Fsp3) is 1.00. The summed E-state index contributed by atoms with van der Waals surface area (Å²) in [5.74, 6) is 0.543. The van der Waals surface area contributed by atoms with Gasteiger partial charge in [-0.1, -0.05) is 0 Å². The summed E-state index contributed by atoms with van der Waals surface area (Å²) in [6.45, 7) is 4.26. The van der Waals surface area contributed by atoms with Crippen LogP contribution < -0.4 is 0 Å². The lowest BCUT2D eigenvalue weighted by Crippen LogP contribution is -2.35. The van der Waals surface area contributed by atoms with Crippen molar-refractivity contribution in [2.24, 2.45) is 5.92 Å². The predicted octanol–water partition coefficient (Wildman–Crippen LogP) is 1.59. The first kappa shape index (κ1) is 10.3. The summed E-state index contributed by atoms with van der Waals surface area (Å²) in [7, 11) is 1.75. The first-order chi connectivity index (χ1) is 5.41. The molecule has 5 heteroatoms. The molecule has 0 bridgehead atoms. The van der Waals surface area contributed by atoms with Crippen molar-refractivity contribution < 1.29 is 8.42 Å². The van der Waals surface area contributed by atoms with Gasteiger partial charge in [0, 0.05) is 23.3 Å². The molecule has 0 aliphatic heterocycles. The second-order valence-corrected chi connectivity index (χ2v) is 6.01. The van der Waals surface area contributed by atoms with Gasteiger partial charge in [0.15, 0.2) is 0 Å². The number of hydrogen-bond acceptors (Lipinski definition) is 2. The lowest BCUT2D eigenvalue weighted by molar-refractivity contribution is 0.349. The van der Waals surface area contributed by atoms with Gasteiger partial charge >= 0.3 is 0 Å². The lowest BCUT2D eigenvalue weighted by atomic mass is 10.3. The van der Waals surface area contributed by atoms with Gasteiger partial charge in [-0.05, 0) is 32.6 Å². The van der Waals surface area contributed by atoms with E-state index in [-0.39, 0.29) is 6.04 Å². The van der Waals surface area contributed by atoms with E-state index < -0.39 is 9.24 Å². The van der Waals surface area contributed by atoms with E-state index in [1.807, 2.05) is 13.8 Å². The van der Waals surface area contributed by atoms with Crippen LogP contribution in [-0.2, 0) is 9.24 Å². The highest BCUT2D eigenvalue weighted by Crippen LogP contribution is 2.31. The summed E-state index contributed by atoms with van der Waals surface area (Å²) >= 11 is 0. The molecule has 0 spiro atoms. The summed E-state index contributed by atoms with van der Waals surface area (Å²) in [4.78, 5) is 0. The molecule has 0 aromatic rings. The van der Waals surface area contributed by atoms with Crippen LogP contribution in [0, 0.1) is 5.92 Å². The minimum Gasteiger partial charge on any atom is -0.195 e. The minimum absolute atomic E-state index is 0.0342. The normalized spacial score (nSPS) is 19.1. The monoisotopic (exact) mass is 211 g/mol. The summed E-state index contributed by atoms with van der Waals surface area (Å²) in [5, 5.41) is 0. The molecule has 1 saturated carbocycles. The highest BCUT2D eigenvalue weighted by molar-refractivity contribution is 8.11. The van der Waals surface area contributed by atoms with E-state index in [0.29, 0.717) is 12.5 Å². The molecule has 0 N–H and O–H groups in total. The molecule has 0 unspecified atom stereocenters. The molecule has 72 valence electrons. The first-order valence-corrected chi connectivity index (χ1v) is 6.39. The van der Waals surface area contributed by atoms with Gasteiger partial charge in [0.25, 0.3) is 9.24 Å². The molecule has 1 fully saturated rings. The van der Waals surface area contributed by atoms with Gasteiger partial charge in [-0.15, -0.1) is 0 Å². The predicted molar refractivity (Wildman–Crippen MR) is 49.3 cm³/mol. The fourth-order valence-electron chi connectivity index (χ4n) is 1.11. The third-order valence-electron chi connectivity index (χ3n) is 1.99. The van der Waals surface area contributed by atoms with E-state index in [0.717, 1.165) is 12.8 Å². The van der Waals surface area contributed by atoms with Crippen molar-refractivity contribution >= 4 is 19.9 Å². The van der Waals surface area contributed by atoms with Gasteiger partial charge in [0.05, 0.1) is 0 Å². The molecule has 0 aromatic carbocycles. The Balaban J connectivity index is 2.60.